The van der Waals surface area contributed by atoms with Crippen LogP contribution in [-0.4, -0.2) is 49.7 Å². The molecular formula is C17H30N4. The summed E-state index contributed by atoms with van der Waals surface area (Å²) in [6.45, 7) is 5.18. The van der Waals surface area contributed by atoms with E-state index in [0.29, 0.717) is 5.54 Å². The Bertz CT molecular complexity index is 440. The molecule has 0 amide bonds. The molecule has 1 N–H and O–H groups in total. The zero-order chi connectivity index (χ0) is 15.3. The minimum atomic E-state index is 0.360. The Hall–Kier alpha value is -1.13. The first-order valence-corrected chi connectivity index (χ1v) is 8.11. The number of hydrogen-bond acceptors (Lipinski definition) is 4. The van der Waals surface area contributed by atoms with Crippen LogP contribution in [0.25, 0.3) is 0 Å². The van der Waals surface area contributed by atoms with Crippen molar-refractivity contribution in [1.82, 2.24) is 15.2 Å². The van der Waals surface area contributed by atoms with Gasteiger partial charge in [0.1, 0.15) is 0 Å². The fourth-order valence-electron chi connectivity index (χ4n) is 3.06. The van der Waals surface area contributed by atoms with E-state index in [1.54, 1.807) is 0 Å². The molecular weight excluding hydrogens is 260 g/mol. The van der Waals surface area contributed by atoms with Crippen LogP contribution < -0.4 is 10.2 Å². The highest BCUT2D eigenvalue weighted by atomic mass is 15.2. The van der Waals surface area contributed by atoms with E-state index in [9.17, 15) is 0 Å². The zero-order valence-electron chi connectivity index (χ0n) is 14.0. The number of pyridine rings is 1. The van der Waals surface area contributed by atoms with Crippen molar-refractivity contribution < 1.29 is 0 Å². The van der Waals surface area contributed by atoms with Crippen LogP contribution in [0, 0.1) is 0 Å². The summed E-state index contributed by atoms with van der Waals surface area (Å²) in [6.07, 6.45) is 7.05. The topological polar surface area (TPSA) is 31.4 Å². The summed E-state index contributed by atoms with van der Waals surface area (Å²) in [5, 5.41) is 3.42. The number of likely N-dealkylation sites (N-methyl/N-ethyl adjacent to an activating group) is 2. The van der Waals surface area contributed by atoms with Crippen molar-refractivity contribution in [2.75, 3.05) is 39.1 Å². The summed E-state index contributed by atoms with van der Waals surface area (Å²) in [4.78, 5) is 9.24. The summed E-state index contributed by atoms with van der Waals surface area (Å²) < 4.78 is 0. The van der Waals surface area contributed by atoms with E-state index in [2.05, 4.69) is 60.3 Å². The molecule has 4 heteroatoms. The molecule has 4 nitrogen and oxygen atoms in total. The highest BCUT2D eigenvalue weighted by Crippen LogP contribution is 2.37. The van der Waals surface area contributed by atoms with E-state index in [-0.39, 0.29) is 0 Å². The second-order valence-corrected chi connectivity index (χ2v) is 6.51. The van der Waals surface area contributed by atoms with Crippen LogP contribution in [0.5, 0.6) is 0 Å². The van der Waals surface area contributed by atoms with Gasteiger partial charge in [-0.25, -0.2) is 0 Å². The molecule has 1 aromatic rings. The first kappa shape index (κ1) is 16.2. The Labute approximate surface area is 129 Å². The summed E-state index contributed by atoms with van der Waals surface area (Å²) in [6, 6.07) is 4.33. The van der Waals surface area contributed by atoms with Gasteiger partial charge in [-0.05, 0) is 58.5 Å². The third-order valence-electron chi connectivity index (χ3n) is 4.74. The molecule has 21 heavy (non-hydrogen) atoms. The van der Waals surface area contributed by atoms with Crippen molar-refractivity contribution in [2.24, 2.45) is 0 Å². The number of hydrogen-bond donors (Lipinski definition) is 1. The lowest BCUT2D eigenvalue weighted by Gasteiger charge is -2.49. The molecule has 0 bridgehead atoms. The first-order valence-electron chi connectivity index (χ1n) is 8.11. The van der Waals surface area contributed by atoms with E-state index in [4.69, 9.17) is 0 Å². The highest BCUT2D eigenvalue weighted by Gasteiger charge is 2.39. The first-order chi connectivity index (χ1) is 10.1. The molecule has 0 spiro atoms. The lowest BCUT2D eigenvalue weighted by molar-refractivity contribution is 0.0683. The minimum Gasteiger partial charge on any atom is -0.373 e. The second kappa shape index (κ2) is 7.23. The average Bonchev–Trinajstić information content (AvgIpc) is 2.43. The van der Waals surface area contributed by atoms with Gasteiger partial charge in [0.05, 0.1) is 5.69 Å². The van der Waals surface area contributed by atoms with Crippen LogP contribution in [0.1, 0.15) is 38.3 Å². The van der Waals surface area contributed by atoms with Gasteiger partial charge in [0, 0.05) is 37.6 Å². The van der Waals surface area contributed by atoms with Crippen molar-refractivity contribution in [3.8, 4) is 0 Å². The van der Waals surface area contributed by atoms with Crippen molar-refractivity contribution >= 4 is 5.69 Å². The molecule has 1 aliphatic carbocycles. The predicted octanol–water partition coefficient (Wildman–Crippen LogP) is 2.50. The maximum absolute atomic E-state index is 4.46. The third-order valence-corrected chi connectivity index (χ3v) is 4.74. The molecule has 1 saturated carbocycles. The fraction of sp³-hybridized carbons (Fsp3) is 0.706. The van der Waals surface area contributed by atoms with Crippen molar-refractivity contribution in [3.05, 3.63) is 24.0 Å². The van der Waals surface area contributed by atoms with Gasteiger partial charge in [0.2, 0.25) is 0 Å². The van der Waals surface area contributed by atoms with E-state index >= 15 is 0 Å². The molecule has 0 saturated heterocycles. The Morgan fingerprint density at radius 2 is 2.05 bits per heavy atom. The van der Waals surface area contributed by atoms with E-state index < -0.39 is 0 Å². The van der Waals surface area contributed by atoms with Crippen molar-refractivity contribution in [2.45, 2.75) is 44.7 Å². The van der Waals surface area contributed by atoms with Gasteiger partial charge < -0.3 is 15.1 Å². The summed E-state index contributed by atoms with van der Waals surface area (Å²) in [5.41, 5.74) is 2.75. The van der Waals surface area contributed by atoms with Crippen LogP contribution in [0.3, 0.4) is 0 Å². The second-order valence-electron chi connectivity index (χ2n) is 6.51. The van der Waals surface area contributed by atoms with E-state index in [1.807, 2.05) is 6.20 Å². The number of nitrogens with one attached hydrogen (secondary N) is 1. The van der Waals surface area contributed by atoms with Crippen LogP contribution in [0.15, 0.2) is 18.3 Å². The largest absolute Gasteiger partial charge is 0.373 e. The SMILES string of the molecule is CCCNCc1cc(N(C)CC2(N(C)C)CCC2)ccn1. The third kappa shape index (κ3) is 3.95. The Balaban J connectivity index is 1.98. The molecule has 0 unspecified atom stereocenters. The number of aromatic nitrogens is 1. The molecule has 1 aliphatic rings. The average molecular weight is 290 g/mol. The standard InChI is InChI=1S/C17H30N4/c1-5-10-18-13-15-12-16(7-11-19-15)21(4)14-17(20(2)3)8-6-9-17/h7,11-12,18H,5-6,8-10,13-14H2,1-4H3. The quantitative estimate of drug-likeness (QED) is 0.746. The predicted molar refractivity (Wildman–Crippen MR) is 89.8 cm³/mol. The maximum atomic E-state index is 4.46. The maximum Gasteiger partial charge on any atom is 0.0562 e. The molecule has 0 aliphatic heterocycles. The minimum absolute atomic E-state index is 0.360. The molecule has 1 fully saturated rings. The van der Waals surface area contributed by atoms with Gasteiger partial charge in [-0.3, -0.25) is 4.98 Å². The van der Waals surface area contributed by atoms with Crippen molar-refractivity contribution in [1.29, 1.82) is 0 Å². The lowest BCUT2D eigenvalue weighted by Crippen LogP contribution is -2.56. The molecule has 0 radical (unpaired) electrons. The lowest BCUT2D eigenvalue weighted by atomic mass is 9.75. The fourth-order valence-corrected chi connectivity index (χ4v) is 3.06. The van der Waals surface area contributed by atoms with Crippen LogP contribution in [0.2, 0.25) is 0 Å². The Kier molecular flexibility index (Phi) is 5.59. The Morgan fingerprint density at radius 3 is 2.62 bits per heavy atom. The summed E-state index contributed by atoms with van der Waals surface area (Å²) >= 11 is 0. The summed E-state index contributed by atoms with van der Waals surface area (Å²) in [7, 11) is 6.61. The van der Waals surface area contributed by atoms with Gasteiger partial charge in [-0.15, -0.1) is 0 Å². The number of rotatable bonds is 8. The number of anilines is 1. The van der Waals surface area contributed by atoms with Crippen LogP contribution >= 0.6 is 0 Å². The molecule has 2 rings (SSSR count). The molecule has 0 atom stereocenters. The van der Waals surface area contributed by atoms with Gasteiger partial charge in [-0.2, -0.15) is 0 Å². The van der Waals surface area contributed by atoms with E-state index in [0.717, 1.165) is 31.7 Å². The molecule has 0 aromatic carbocycles. The zero-order valence-corrected chi connectivity index (χ0v) is 14.0. The van der Waals surface area contributed by atoms with Gasteiger partial charge >= 0.3 is 0 Å². The molecule has 1 aromatic heterocycles. The van der Waals surface area contributed by atoms with E-state index in [1.165, 1.54) is 24.9 Å². The number of nitrogens with zero attached hydrogens (tertiary/aromatic N) is 3. The Morgan fingerprint density at radius 1 is 1.29 bits per heavy atom. The molecule has 1 heterocycles. The van der Waals surface area contributed by atoms with Crippen molar-refractivity contribution in [3.63, 3.8) is 0 Å². The van der Waals surface area contributed by atoms with Gasteiger partial charge in [0.25, 0.3) is 0 Å². The van der Waals surface area contributed by atoms with Gasteiger partial charge in [0.15, 0.2) is 0 Å². The summed E-state index contributed by atoms with van der Waals surface area (Å²) in [5.74, 6) is 0. The van der Waals surface area contributed by atoms with Crippen LogP contribution in [0.4, 0.5) is 5.69 Å². The monoisotopic (exact) mass is 290 g/mol. The normalized spacial score (nSPS) is 16.8. The highest BCUT2D eigenvalue weighted by molar-refractivity contribution is 5.46. The van der Waals surface area contributed by atoms with Crippen LogP contribution in [-0.2, 0) is 6.54 Å². The molecule has 118 valence electrons. The smallest absolute Gasteiger partial charge is 0.0562 e. The van der Waals surface area contributed by atoms with Gasteiger partial charge in [-0.1, -0.05) is 6.92 Å².